The van der Waals surface area contributed by atoms with E-state index in [0.717, 1.165) is 27.6 Å². The number of hydrogen-bond acceptors (Lipinski definition) is 4. The summed E-state index contributed by atoms with van der Waals surface area (Å²) in [6.07, 6.45) is 3.26. The van der Waals surface area contributed by atoms with Crippen LogP contribution in [0, 0.1) is 18.8 Å². The summed E-state index contributed by atoms with van der Waals surface area (Å²) < 4.78 is 5.71. The molecule has 0 bridgehead atoms. The first kappa shape index (κ1) is 19.4. The number of nitrogens with one attached hydrogen (secondary N) is 1. The summed E-state index contributed by atoms with van der Waals surface area (Å²) in [5, 5.41) is 5.77. The molecule has 0 radical (unpaired) electrons. The number of aryl methyl sites for hydroxylation is 1. The molecule has 5 heteroatoms. The molecule has 0 saturated heterocycles. The average Bonchev–Trinajstić information content (AvgIpc) is 3.15. The Balaban J connectivity index is 1.43. The SMILES string of the molecule is Cc1nc(COc2ccc(/C=C/C(=O)NCC#Cc3ccccc3)cc2)cs1. The van der Waals surface area contributed by atoms with Gasteiger partial charge in [-0.25, -0.2) is 4.98 Å². The summed E-state index contributed by atoms with van der Waals surface area (Å²) in [6.45, 7) is 2.73. The van der Waals surface area contributed by atoms with Crippen molar-refractivity contribution in [2.75, 3.05) is 6.54 Å². The third-order valence-corrected chi connectivity index (χ3v) is 4.54. The lowest BCUT2D eigenvalue weighted by Gasteiger charge is -2.04. The number of thiazole rings is 1. The van der Waals surface area contributed by atoms with E-state index in [-0.39, 0.29) is 5.91 Å². The zero-order valence-corrected chi connectivity index (χ0v) is 16.3. The van der Waals surface area contributed by atoms with Crippen molar-refractivity contribution in [2.24, 2.45) is 0 Å². The molecule has 140 valence electrons. The maximum absolute atomic E-state index is 11.9. The molecule has 0 fully saturated rings. The molecule has 0 aliphatic rings. The molecule has 0 unspecified atom stereocenters. The summed E-state index contributed by atoms with van der Waals surface area (Å²) in [5.74, 6) is 6.52. The highest BCUT2D eigenvalue weighted by Gasteiger charge is 2.00. The highest BCUT2D eigenvalue weighted by Crippen LogP contribution is 2.16. The number of amides is 1. The van der Waals surface area contributed by atoms with Crippen molar-refractivity contribution >= 4 is 23.3 Å². The lowest BCUT2D eigenvalue weighted by Crippen LogP contribution is -2.20. The van der Waals surface area contributed by atoms with Gasteiger partial charge in [-0.3, -0.25) is 4.79 Å². The number of benzene rings is 2. The summed E-state index contributed by atoms with van der Waals surface area (Å²) in [5.41, 5.74) is 2.78. The van der Waals surface area contributed by atoms with Crippen LogP contribution in [0.2, 0.25) is 0 Å². The highest BCUT2D eigenvalue weighted by molar-refractivity contribution is 7.09. The van der Waals surface area contributed by atoms with Gasteiger partial charge in [0.1, 0.15) is 12.4 Å². The zero-order chi connectivity index (χ0) is 19.6. The Hall–Kier alpha value is -3.36. The van der Waals surface area contributed by atoms with E-state index < -0.39 is 0 Å². The van der Waals surface area contributed by atoms with Crippen LogP contribution < -0.4 is 10.1 Å². The van der Waals surface area contributed by atoms with E-state index in [1.807, 2.05) is 66.9 Å². The van der Waals surface area contributed by atoms with Gasteiger partial charge in [0.15, 0.2) is 0 Å². The molecular formula is C23H20N2O2S. The minimum atomic E-state index is -0.179. The number of carbonyl (C=O) groups excluding carboxylic acids is 1. The van der Waals surface area contributed by atoms with Crippen molar-refractivity contribution < 1.29 is 9.53 Å². The lowest BCUT2D eigenvalue weighted by atomic mass is 10.2. The molecule has 4 nitrogen and oxygen atoms in total. The fraction of sp³-hybridized carbons (Fsp3) is 0.130. The first-order valence-electron chi connectivity index (χ1n) is 8.83. The molecule has 3 rings (SSSR count). The highest BCUT2D eigenvalue weighted by atomic mass is 32.1. The van der Waals surface area contributed by atoms with E-state index in [4.69, 9.17) is 4.74 Å². The van der Waals surface area contributed by atoms with Gasteiger partial charge < -0.3 is 10.1 Å². The number of hydrogen-bond donors (Lipinski definition) is 1. The Morgan fingerprint density at radius 2 is 1.96 bits per heavy atom. The van der Waals surface area contributed by atoms with Crippen LogP contribution in [0.15, 0.2) is 66.1 Å². The van der Waals surface area contributed by atoms with Gasteiger partial charge >= 0.3 is 0 Å². The Morgan fingerprint density at radius 3 is 2.68 bits per heavy atom. The lowest BCUT2D eigenvalue weighted by molar-refractivity contribution is -0.116. The minimum Gasteiger partial charge on any atom is -0.487 e. The Labute approximate surface area is 168 Å². The van der Waals surface area contributed by atoms with Crippen molar-refractivity contribution in [3.05, 3.63) is 87.9 Å². The largest absolute Gasteiger partial charge is 0.487 e. The molecule has 1 N–H and O–H groups in total. The Morgan fingerprint density at radius 1 is 1.18 bits per heavy atom. The number of nitrogens with zero attached hydrogens (tertiary/aromatic N) is 1. The van der Waals surface area contributed by atoms with E-state index in [1.165, 1.54) is 6.08 Å². The van der Waals surface area contributed by atoms with Crippen molar-refractivity contribution in [3.63, 3.8) is 0 Å². The predicted molar refractivity (Wildman–Crippen MR) is 113 cm³/mol. The molecule has 1 aromatic heterocycles. The van der Waals surface area contributed by atoms with Crippen molar-refractivity contribution in [2.45, 2.75) is 13.5 Å². The second-order valence-corrected chi connectivity index (χ2v) is 7.00. The number of aromatic nitrogens is 1. The van der Waals surface area contributed by atoms with Crippen LogP contribution in [0.1, 0.15) is 21.8 Å². The molecular weight excluding hydrogens is 368 g/mol. The molecule has 3 aromatic rings. The first-order valence-corrected chi connectivity index (χ1v) is 9.71. The van der Waals surface area contributed by atoms with Gasteiger partial charge in [0.2, 0.25) is 5.91 Å². The second kappa shape index (κ2) is 10.1. The summed E-state index contributed by atoms with van der Waals surface area (Å²) >= 11 is 1.61. The topological polar surface area (TPSA) is 51.2 Å². The van der Waals surface area contributed by atoms with Crippen LogP contribution >= 0.6 is 11.3 Å². The fourth-order valence-electron chi connectivity index (χ4n) is 2.34. The summed E-state index contributed by atoms with van der Waals surface area (Å²) in [6, 6.07) is 17.2. The van der Waals surface area contributed by atoms with Crippen molar-refractivity contribution in [1.82, 2.24) is 10.3 Å². The second-order valence-electron chi connectivity index (χ2n) is 5.93. The molecule has 28 heavy (non-hydrogen) atoms. The van der Waals surface area contributed by atoms with E-state index in [0.29, 0.717) is 13.2 Å². The zero-order valence-electron chi connectivity index (χ0n) is 15.5. The van der Waals surface area contributed by atoms with Gasteiger partial charge in [-0.1, -0.05) is 42.2 Å². The minimum absolute atomic E-state index is 0.179. The average molecular weight is 388 g/mol. The molecule has 0 aliphatic heterocycles. The van der Waals surface area contributed by atoms with Gasteiger partial charge in [0.05, 0.1) is 17.2 Å². The van der Waals surface area contributed by atoms with Crippen molar-refractivity contribution in [1.29, 1.82) is 0 Å². The Bertz CT molecular complexity index is 996. The monoisotopic (exact) mass is 388 g/mol. The van der Waals surface area contributed by atoms with E-state index >= 15 is 0 Å². The van der Waals surface area contributed by atoms with Crippen LogP contribution in [0.4, 0.5) is 0 Å². The van der Waals surface area contributed by atoms with E-state index in [2.05, 4.69) is 22.1 Å². The van der Waals surface area contributed by atoms with Crippen molar-refractivity contribution in [3.8, 4) is 17.6 Å². The molecule has 0 aliphatic carbocycles. The first-order chi connectivity index (χ1) is 13.7. The number of rotatable bonds is 6. The Kier molecular flexibility index (Phi) is 7.00. The van der Waals surface area contributed by atoms with E-state index in [1.54, 1.807) is 17.4 Å². The normalized spacial score (nSPS) is 10.3. The third kappa shape index (κ3) is 6.42. The third-order valence-electron chi connectivity index (χ3n) is 3.72. The molecule has 2 aromatic carbocycles. The summed E-state index contributed by atoms with van der Waals surface area (Å²) in [7, 11) is 0. The fourth-order valence-corrected chi connectivity index (χ4v) is 2.93. The number of ether oxygens (including phenoxy) is 1. The van der Waals surface area contributed by atoms with Crippen LogP contribution in [-0.4, -0.2) is 17.4 Å². The van der Waals surface area contributed by atoms with Gasteiger partial charge in [0.25, 0.3) is 0 Å². The standard InChI is InChI=1S/C23H20N2O2S/c1-18-25-21(17-28-18)16-27-22-12-9-20(10-13-22)11-14-23(26)24-15-5-8-19-6-3-2-4-7-19/h2-4,6-7,9-14,17H,15-16H2,1H3,(H,24,26)/b14-11+. The van der Waals surface area contributed by atoms with Crippen LogP contribution in [0.5, 0.6) is 5.75 Å². The smallest absolute Gasteiger partial charge is 0.244 e. The van der Waals surface area contributed by atoms with Gasteiger partial charge in [-0.05, 0) is 42.8 Å². The van der Waals surface area contributed by atoms with Crippen LogP contribution in [0.25, 0.3) is 6.08 Å². The molecule has 0 atom stereocenters. The van der Waals surface area contributed by atoms with E-state index in [9.17, 15) is 4.79 Å². The molecule has 0 spiro atoms. The maximum Gasteiger partial charge on any atom is 0.244 e. The quantitative estimate of drug-likeness (QED) is 0.508. The van der Waals surface area contributed by atoms with Gasteiger partial charge in [-0.2, -0.15) is 0 Å². The maximum atomic E-state index is 11.9. The number of carbonyl (C=O) groups is 1. The van der Waals surface area contributed by atoms with Crippen LogP contribution in [0.3, 0.4) is 0 Å². The van der Waals surface area contributed by atoms with Gasteiger partial charge in [-0.15, -0.1) is 11.3 Å². The predicted octanol–water partition coefficient (Wildman–Crippen LogP) is 4.21. The van der Waals surface area contributed by atoms with Gasteiger partial charge in [0, 0.05) is 17.0 Å². The molecule has 0 saturated carbocycles. The molecule has 1 amide bonds. The molecule has 1 heterocycles. The van der Waals surface area contributed by atoms with Crippen LogP contribution in [-0.2, 0) is 11.4 Å². The summed E-state index contributed by atoms with van der Waals surface area (Å²) in [4.78, 5) is 16.2.